The minimum Gasteiger partial charge on any atom is -0.407 e. The Hall–Kier alpha value is -1.30. The Kier molecular flexibility index (Phi) is 4.41. The van der Waals surface area contributed by atoms with Crippen molar-refractivity contribution in [1.29, 1.82) is 0 Å². The summed E-state index contributed by atoms with van der Waals surface area (Å²) in [5.41, 5.74) is 0. The van der Waals surface area contributed by atoms with Crippen molar-refractivity contribution >= 4 is 23.5 Å². The molecule has 2 heterocycles. The van der Waals surface area contributed by atoms with Crippen molar-refractivity contribution in [2.24, 2.45) is 0 Å². The Bertz CT molecular complexity index is 402. The second-order valence-corrected chi connectivity index (χ2v) is 4.98. The maximum absolute atomic E-state index is 11.7. The smallest absolute Gasteiger partial charge is 0.315 e. The van der Waals surface area contributed by atoms with Crippen LogP contribution >= 0.6 is 11.6 Å². The fourth-order valence-corrected chi connectivity index (χ4v) is 1.96. The van der Waals surface area contributed by atoms with E-state index in [1.54, 1.807) is 6.92 Å². The average molecular weight is 273 g/mol. The predicted octanol–water partition coefficient (Wildman–Crippen LogP) is 1.79. The molecule has 0 radical (unpaired) electrons. The molecule has 0 bridgehead atoms. The van der Waals surface area contributed by atoms with Crippen LogP contribution in [-0.2, 0) is 4.79 Å². The van der Waals surface area contributed by atoms with Crippen LogP contribution in [0.25, 0.3) is 0 Å². The minimum absolute atomic E-state index is 0.172. The van der Waals surface area contributed by atoms with Crippen LogP contribution in [0.4, 0.5) is 6.01 Å². The van der Waals surface area contributed by atoms with Gasteiger partial charge in [-0.2, -0.15) is 0 Å². The van der Waals surface area contributed by atoms with Gasteiger partial charge in [0.15, 0.2) is 0 Å². The molecule has 7 heteroatoms. The molecule has 18 heavy (non-hydrogen) atoms. The van der Waals surface area contributed by atoms with Gasteiger partial charge in [-0.25, -0.2) is 0 Å². The Morgan fingerprint density at radius 2 is 2.22 bits per heavy atom. The molecule has 1 unspecified atom stereocenters. The van der Waals surface area contributed by atoms with E-state index in [2.05, 4.69) is 15.5 Å². The fourth-order valence-electron chi connectivity index (χ4n) is 1.87. The summed E-state index contributed by atoms with van der Waals surface area (Å²) in [6.07, 6.45) is 2.66. The molecule has 1 N–H and O–H groups in total. The zero-order chi connectivity index (χ0) is 13.0. The summed E-state index contributed by atoms with van der Waals surface area (Å²) >= 11 is 5.80. The number of nitrogens with zero attached hydrogens (tertiary/aromatic N) is 3. The largest absolute Gasteiger partial charge is 0.407 e. The number of alkyl halides is 1. The van der Waals surface area contributed by atoms with E-state index in [1.807, 2.05) is 4.90 Å². The van der Waals surface area contributed by atoms with Crippen molar-refractivity contribution in [1.82, 2.24) is 15.1 Å². The molecule has 1 aromatic rings. The highest BCUT2D eigenvalue weighted by atomic mass is 35.5. The number of nitrogens with one attached hydrogen (secondary N) is 1. The lowest BCUT2D eigenvalue weighted by Gasteiger charge is -2.14. The maximum Gasteiger partial charge on any atom is 0.315 e. The number of hydrogen-bond donors (Lipinski definition) is 1. The highest BCUT2D eigenvalue weighted by Gasteiger charge is 2.17. The standard InChI is InChI=1S/C11H17ClN4O2/c1-8(12)10-14-15-11(18-10)13-5-4-9(17)16-6-2-3-7-16/h8H,2-7H2,1H3,(H,13,15). The third-order valence-corrected chi connectivity index (χ3v) is 3.04. The second kappa shape index (κ2) is 6.04. The molecular formula is C11H17ClN4O2. The van der Waals surface area contributed by atoms with Crippen LogP contribution < -0.4 is 5.32 Å². The van der Waals surface area contributed by atoms with Crippen LogP contribution in [0, 0.1) is 0 Å². The number of anilines is 1. The average Bonchev–Trinajstić information content (AvgIpc) is 3.00. The normalized spacial score (nSPS) is 16.9. The Labute approximate surface area is 111 Å². The number of halogens is 1. The number of hydrogen-bond acceptors (Lipinski definition) is 5. The first-order valence-corrected chi connectivity index (χ1v) is 6.59. The van der Waals surface area contributed by atoms with Crippen molar-refractivity contribution in [3.05, 3.63) is 5.89 Å². The third-order valence-electron chi connectivity index (χ3n) is 2.85. The number of rotatable bonds is 5. The van der Waals surface area contributed by atoms with Crippen LogP contribution in [0.1, 0.15) is 37.5 Å². The molecule has 0 aromatic carbocycles. The lowest BCUT2D eigenvalue weighted by atomic mass is 10.3. The number of aromatic nitrogens is 2. The van der Waals surface area contributed by atoms with Gasteiger partial charge in [-0.3, -0.25) is 4.79 Å². The highest BCUT2D eigenvalue weighted by molar-refractivity contribution is 6.20. The van der Waals surface area contributed by atoms with E-state index >= 15 is 0 Å². The number of likely N-dealkylation sites (tertiary alicyclic amines) is 1. The molecule has 1 amide bonds. The van der Waals surface area contributed by atoms with E-state index in [1.165, 1.54) is 0 Å². The zero-order valence-corrected chi connectivity index (χ0v) is 11.1. The third kappa shape index (κ3) is 3.35. The van der Waals surface area contributed by atoms with E-state index in [9.17, 15) is 4.79 Å². The summed E-state index contributed by atoms with van der Waals surface area (Å²) in [5.74, 6) is 0.551. The molecule has 1 fully saturated rings. The molecule has 0 saturated carbocycles. The highest BCUT2D eigenvalue weighted by Crippen LogP contribution is 2.19. The van der Waals surface area contributed by atoms with Gasteiger partial charge in [0.05, 0.1) is 0 Å². The van der Waals surface area contributed by atoms with Gasteiger partial charge >= 0.3 is 6.01 Å². The molecular weight excluding hydrogens is 256 g/mol. The summed E-state index contributed by atoms with van der Waals surface area (Å²) in [4.78, 5) is 13.6. The first-order chi connectivity index (χ1) is 8.66. The summed E-state index contributed by atoms with van der Waals surface area (Å²) in [6, 6.07) is 0.312. The minimum atomic E-state index is -0.306. The molecule has 0 aliphatic carbocycles. The Morgan fingerprint density at radius 1 is 1.50 bits per heavy atom. The van der Waals surface area contributed by atoms with Crippen molar-refractivity contribution in [2.75, 3.05) is 25.0 Å². The number of carbonyl (C=O) groups is 1. The van der Waals surface area contributed by atoms with E-state index < -0.39 is 0 Å². The van der Waals surface area contributed by atoms with Gasteiger partial charge in [0.1, 0.15) is 5.38 Å². The predicted molar refractivity (Wildman–Crippen MR) is 67.5 cm³/mol. The van der Waals surface area contributed by atoms with Crippen molar-refractivity contribution < 1.29 is 9.21 Å². The van der Waals surface area contributed by atoms with E-state index in [0.29, 0.717) is 24.9 Å². The molecule has 6 nitrogen and oxygen atoms in total. The van der Waals surface area contributed by atoms with E-state index in [4.69, 9.17) is 16.0 Å². The topological polar surface area (TPSA) is 71.3 Å². The SMILES string of the molecule is CC(Cl)c1nnc(NCCC(=O)N2CCCC2)o1. The van der Waals surface area contributed by atoms with Gasteiger partial charge in [-0.15, -0.1) is 16.7 Å². The molecule has 1 atom stereocenters. The van der Waals surface area contributed by atoms with Crippen LogP contribution in [0.3, 0.4) is 0 Å². The molecule has 0 spiro atoms. The summed E-state index contributed by atoms with van der Waals surface area (Å²) in [5, 5.41) is 10.2. The lowest BCUT2D eigenvalue weighted by molar-refractivity contribution is -0.129. The monoisotopic (exact) mass is 272 g/mol. The summed E-state index contributed by atoms with van der Waals surface area (Å²) in [6.45, 7) is 4.02. The molecule has 1 saturated heterocycles. The molecule has 100 valence electrons. The molecule has 2 rings (SSSR count). The van der Waals surface area contributed by atoms with Crippen molar-refractivity contribution in [2.45, 2.75) is 31.6 Å². The van der Waals surface area contributed by atoms with Crippen LogP contribution in [-0.4, -0.2) is 40.6 Å². The van der Waals surface area contributed by atoms with Gasteiger partial charge in [-0.05, 0) is 19.8 Å². The van der Waals surface area contributed by atoms with E-state index in [0.717, 1.165) is 25.9 Å². The maximum atomic E-state index is 11.7. The first-order valence-electron chi connectivity index (χ1n) is 6.16. The first kappa shape index (κ1) is 13.1. The van der Waals surface area contributed by atoms with Gasteiger partial charge in [0.25, 0.3) is 0 Å². The zero-order valence-electron chi connectivity index (χ0n) is 10.4. The summed E-state index contributed by atoms with van der Waals surface area (Å²) < 4.78 is 5.26. The molecule has 1 aliphatic rings. The van der Waals surface area contributed by atoms with Gasteiger partial charge < -0.3 is 14.6 Å². The van der Waals surface area contributed by atoms with Crippen molar-refractivity contribution in [3.8, 4) is 0 Å². The quantitative estimate of drug-likeness (QED) is 0.828. The van der Waals surface area contributed by atoms with Crippen molar-refractivity contribution in [3.63, 3.8) is 0 Å². The van der Waals surface area contributed by atoms with Crippen LogP contribution in [0.2, 0.25) is 0 Å². The molecule has 1 aliphatic heterocycles. The Morgan fingerprint density at radius 3 is 2.83 bits per heavy atom. The summed E-state index contributed by atoms with van der Waals surface area (Å²) in [7, 11) is 0. The second-order valence-electron chi connectivity index (χ2n) is 4.33. The van der Waals surface area contributed by atoms with Gasteiger partial charge in [0, 0.05) is 26.1 Å². The van der Waals surface area contributed by atoms with Crippen LogP contribution in [0.5, 0.6) is 0 Å². The van der Waals surface area contributed by atoms with E-state index in [-0.39, 0.29) is 11.3 Å². The number of amides is 1. The number of carbonyl (C=O) groups excluding carboxylic acids is 1. The van der Waals surface area contributed by atoms with Gasteiger partial charge in [0.2, 0.25) is 11.8 Å². The van der Waals surface area contributed by atoms with Crippen LogP contribution in [0.15, 0.2) is 4.42 Å². The lowest BCUT2D eigenvalue weighted by Crippen LogP contribution is -2.29. The van der Waals surface area contributed by atoms with Gasteiger partial charge in [-0.1, -0.05) is 5.10 Å². The Balaban J connectivity index is 1.72. The fraction of sp³-hybridized carbons (Fsp3) is 0.727. The molecule has 1 aromatic heterocycles.